The molecule has 25 heavy (non-hydrogen) atoms. The normalized spacial score (nSPS) is 47.8. The molecule has 9 N–H and O–H groups in total. The van der Waals surface area contributed by atoms with Crippen LogP contribution in [0, 0.1) is 0 Å². The highest BCUT2D eigenvalue weighted by Gasteiger charge is 2.44. The van der Waals surface area contributed by atoms with Crippen molar-refractivity contribution in [2.45, 2.75) is 61.4 Å². The highest BCUT2D eigenvalue weighted by molar-refractivity contribution is 4.89. The van der Waals surface area contributed by atoms with E-state index in [1.54, 1.807) is 0 Å². The molecule has 0 radical (unpaired) electrons. The maximum absolute atomic E-state index is 9.28. The van der Waals surface area contributed by atoms with E-state index in [2.05, 4.69) is 4.74 Å². The van der Waals surface area contributed by atoms with Crippen molar-refractivity contribution in [3.05, 3.63) is 0 Å². The van der Waals surface area contributed by atoms with Gasteiger partial charge in [-0.25, -0.2) is 0 Å². The van der Waals surface area contributed by atoms with Crippen molar-refractivity contribution in [1.29, 1.82) is 0 Å². The lowest BCUT2D eigenvalue weighted by molar-refractivity contribution is -0.294. The molecule has 0 aliphatic carbocycles. The van der Waals surface area contributed by atoms with Crippen LogP contribution >= 0.6 is 0 Å². The second-order valence-corrected chi connectivity index (χ2v) is 5.65. The molecule has 12 nitrogen and oxygen atoms in total. The van der Waals surface area contributed by atoms with Crippen molar-refractivity contribution in [3.8, 4) is 0 Å². The maximum atomic E-state index is 9.28. The Bertz CT molecular complexity index is 359. The fraction of sp³-hybridized carbons (Fsp3) is 1.00. The zero-order valence-electron chi connectivity index (χ0n) is 13.4. The van der Waals surface area contributed by atoms with E-state index in [9.17, 15) is 15.3 Å². The van der Waals surface area contributed by atoms with Crippen molar-refractivity contribution in [1.82, 2.24) is 0 Å². The molecule has 0 aromatic carbocycles. The lowest BCUT2D eigenvalue weighted by atomic mass is 9.99. The van der Waals surface area contributed by atoms with Crippen LogP contribution in [0.3, 0.4) is 0 Å². The smallest absolute Gasteiger partial charge is 0.186 e. The summed E-state index contributed by atoms with van der Waals surface area (Å²) < 4.78 is 14.2. The van der Waals surface area contributed by atoms with E-state index >= 15 is 0 Å². The van der Waals surface area contributed by atoms with Crippen molar-refractivity contribution in [3.63, 3.8) is 0 Å². The minimum atomic E-state index is -1.57. The molecule has 12 heteroatoms. The van der Waals surface area contributed by atoms with Crippen LogP contribution in [-0.2, 0) is 14.2 Å². The third kappa shape index (κ3) is 5.26. The average molecular weight is 374 g/mol. The minimum absolute atomic E-state index is 0.440. The van der Waals surface area contributed by atoms with E-state index in [1.165, 1.54) is 7.11 Å². The number of ether oxygens (including phenoxy) is 3. The number of aliphatic hydroxyl groups excluding tert-OH is 9. The molecular formula is C13H26O12. The second kappa shape index (κ2) is 10.0. The summed E-state index contributed by atoms with van der Waals surface area (Å²) in [5.74, 6) is 0. The van der Waals surface area contributed by atoms with Crippen LogP contribution in [0.15, 0.2) is 0 Å². The fourth-order valence-electron chi connectivity index (χ4n) is 2.34. The first-order valence-electron chi connectivity index (χ1n) is 7.51. The summed E-state index contributed by atoms with van der Waals surface area (Å²) in [7, 11) is 1.30. The Morgan fingerprint density at radius 1 is 0.640 bits per heavy atom. The van der Waals surface area contributed by atoms with E-state index in [1.807, 2.05) is 0 Å². The molecule has 0 aromatic rings. The van der Waals surface area contributed by atoms with Gasteiger partial charge in [0, 0.05) is 7.11 Å². The van der Waals surface area contributed by atoms with Crippen LogP contribution in [0.25, 0.3) is 0 Å². The molecule has 0 amide bonds. The SMILES string of the molecule is COC1O[C@H](CO)[C@H](O)[C@H](O)[C@H]1O.OC[C@H]1OC(O)[C@H](O)[C@@H](O)[C@H]1O. The number of hydrogen-bond acceptors (Lipinski definition) is 12. The predicted octanol–water partition coefficient (Wildman–Crippen LogP) is -5.79. The van der Waals surface area contributed by atoms with Crippen LogP contribution < -0.4 is 0 Å². The van der Waals surface area contributed by atoms with Gasteiger partial charge in [-0.1, -0.05) is 0 Å². The molecule has 2 fully saturated rings. The summed E-state index contributed by atoms with van der Waals surface area (Å²) in [6, 6.07) is 0. The van der Waals surface area contributed by atoms with Crippen LogP contribution in [0.5, 0.6) is 0 Å². The fourth-order valence-corrected chi connectivity index (χ4v) is 2.34. The Balaban J connectivity index is 0.000000251. The topological polar surface area (TPSA) is 210 Å². The Hall–Kier alpha value is -0.480. The number of methoxy groups -OCH3 is 1. The average Bonchev–Trinajstić information content (AvgIpc) is 2.62. The second-order valence-electron chi connectivity index (χ2n) is 5.65. The molecule has 2 aliphatic rings. The lowest BCUT2D eigenvalue weighted by Gasteiger charge is -2.38. The maximum Gasteiger partial charge on any atom is 0.186 e. The van der Waals surface area contributed by atoms with Gasteiger partial charge in [0.25, 0.3) is 0 Å². The van der Waals surface area contributed by atoms with Crippen LogP contribution in [0.4, 0.5) is 0 Å². The Morgan fingerprint density at radius 3 is 1.52 bits per heavy atom. The first kappa shape index (κ1) is 22.6. The first-order chi connectivity index (χ1) is 11.7. The summed E-state index contributed by atoms with van der Waals surface area (Å²) in [5, 5.41) is 81.2. The molecule has 2 saturated heterocycles. The van der Waals surface area contributed by atoms with E-state index in [-0.39, 0.29) is 0 Å². The van der Waals surface area contributed by atoms with Gasteiger partial charge in [0.15, 0.2) is 12.6 Å². The zero-order valence-corrected chi connectivity index (χ0v) is 13.4. The molecule has 0 saturated carbocycles. The van der Waals surface area contributed by atoms with E-state index < -0.39 is 74.6 Å². The summed E-state index contributed by atoms with van der Waals surface area (Å²) >= 11 is 0. The molecule has 0 bridgehead atoms. The van der Waals surface area contributed by atoms with Gasteiger partial charge in [-0.15, -0.1) is 0 Å². The molecule has 0 aromatic heterocycles. The van der Waals surface area contributed by atoms with Crippen molar-refractivity contribution >= 4 is 0 Å². The molecule has 10 atom stereocenters. The summed E-state index contributed by atoms with van der Waals surface area (Å²) in [5.41, 5.74) is 0. The largest absolute Gasteiger partial charge is 0.394 e. The molecule has 150 valence electrons. The summed E-state index contributed by atoms with van der Waals surface area (Å²) in [6.07, 6.45) is -13.0. The Kier molecular flexibility index (Phi) is 9.03. The quantitative estimate of drug-likeness (QED) is 0.226. The van der Waals surface area contributed by atoms with Gasteiger partial charge in [0.1, 0.15) is 48.8 Å². The van der Waals surface area contributed by atoms with Gasteiger partial charge >= 0.3 is 0 Å². The van der Waals surface area contributed by atoms with E-state index in [0.29, 0.717) is 0 Å². The predicted molar refractivity (Wildman–Crippen MR) is 76.8 cm³/mol. The molecule has 2 rings (SSSR count). The van der Waals surface area contributed by atoms with Gasteiger partial charge in [0.2, 0.25) is 0 Å². The monoisotopic (exact) mass is 374 g/mol. The van der Waals surface area contributed by atoms with Crippen LogP contribution in [0.1, 0.15) is 0 Å². The summed E-state index contributed by atoms with van der Waals surface area (Å²) in [4.78, 5) is 0. The molecular weight excluding hydrogens is 348 g/mol. The lowest BCUT2D eigenvalue weighted by Crippen LogP contribution is -2.58. The Labute approximate surface area is 143 Å². The van der Waals surface area contributed by atoms with Crippen LogP contribution in [0.2, 0.25) is 0 Å². The Morgan fingerprint density at radius 2 is 1.08 bits per heavy atom. The van der Waals surface area contributed by atoms with Gasteiger partial charge < -0.3 is 60.2 Å². The summed E-state index contributed by atoms with van der Waals surface area (Å²) in [6.45, 7) is -0.965. The van der Waals surface area contributed by atoms with Gasteiger partial charge in [-0.2, -0.15) is 0 Å². The molecule has 0 spiro atoms. The molecule has 2 unspecified atom stereocenters. The van der Waals surface area contributed by atoms with E-state index in [4.69, 9.17) is 40.1 Å². The highest BCUT2D eigenvalue weighted by atomic mass is 16.7. The molecule has 2 heterocycles. The minimum Gasteiger partial charge on any atom is -0.394 e. The van der Waals surface area contributed by atoms with Crippen molar-refractivity contribution in [2.75, 3.05) is 20.3 Å². The van der Waals surface area contributed by atoms with Crippen LogP contribution in [-0.4, -0.2) is 128 Å². The standard InChI is InChI=1S/C7H14O6.C6H12O6/c1-12-7-6(11)5(10)4(9)3(2-8)13-7;7-1-2-3(8)4(9)5(10)6(11)12-2/h3-11H,2H2,1H3;2-11H,1H2/t3-,4+,5+,6-,7?;2-,3+,4+,5-,6?/m11/s1. The van der Waals surface area contributed by atoms with Gasteiger partial charge in [0.05, 0.1) is 13.2 Å². The number of rotatable bonds is 3. The van der Waals surface area contributed by atoms with Gasteiger partial charge in [-0.3, -0.25) is 0 Å². The van der Waals surface area contributed by atoms with E-state index in [0.717, 1.165) is 0 Å². The first-order valence-corrected chi connectivity index (χ1v) is 7.51. The van der Waals surface area contributed by atoms with Crippen molar-refractivity contribution in [2.24, 2.45) is 0 Å². The van der Waals surface area contributed by atoms with Gasteiger partial charge in [-0.05, 0) is 0 Å². The van der Waals surface area contributed by atoms with Crippen molar-refractivity contribution < 1.29 is 60.2 Å². The number of hydrogen-bond donors (Lipinski definition) is 9. The third-order valence-electron chi connectivity index (χ3n) is 3.95. The number of aliphatic hydroxyl groups is 9. The zero-order chi connectivity index (χ0) is 19.3. The molecule has 2 aliphatic heterocycles. The third-order valence-corrected chi connectivity index (χ3v) is 3.95. The highest BCUT2D eigenvalue weighted by Crippen LogP contribution is 2.21.